The van der Waals surface area contributed by atoms with Gasteiger partial charge in [0.15, 0.2) is 0 Å². The zero-order valence-corrected chi connectivity index (χ0v) is 20.0. The molecule has 0 bridgehead atoms. The third-order valence-corrected chi connectivity index (χ3v) is 6.62. The van der Waals surface area contributed by atoms with Crippen molar-refractivity contribution in [1.82, 2.24) is 10.3 Å². The van der Waals surface area contributed by atoms with Crippen LogP contribution in [0.4, 0.5) is 0 Å². The first-order valence-electron chi connectivity index (χ1n) is 11.7. The molecule has 1 heterocycles. The number of hydrogen-bond donors (Lipinski definition) is 2. The second-order valence-corrected chi connectivity index (χ2v) is 9.17. The Morgan fingerprint density at radius 3 is 2.48 bits per heavy atom. The van der Waals surface area contributed by atoms with E-state index in [9.17, 15) is 4.79 Å². The number of benzene rings is 3. The number of hydrogen-bond acceptors (Lipinski definition) is 1. The normalized spacial score (nSPS) is 13.1. The Morgan fingerprint density at radius 1 is 1.00 bits per heavy atom. The predicted octanol–water partition coefficient (Wildman–Crippen LogP) is 7.04. The van der Waals surface area contributed by atoms with Crippen molar-refractivity contribution in [2.75, 3.05) is 0 Å². The molecule has 0 saturated carbocycles. The molecule has 3 nitrogen and oxygen atoms in total. The quantitative estimate of drug-likeness (QED) is 0.277. The summed E-state index contributed by atoms with van der Waals surface area (Å²) in [6.07, 6.45) is 5.28. The van der Waals surface area contributed by atoms with Crippen LogP contribution in [0.5, 0.6) is 0 Å². The molecule has 2 N–H and O–H groups in total. The number of rotatable bonds is 9. The van der Waals surface area contributed by atoms with Crippen molar-refractivity contribution in [3.05, 3.63) is 106 Å². The number of fused-ring (bicyclic) bond motifs is 1. The van der Waals surface area contributed by atoms with Gasteiger partial charge in [-0.3, -0.25) is 4.79 Å². The van der Waals surface area contributed by atoms with Crippen LogP contribution in [0, 0.1) is 0 Å². The molecule has 1 aromatic heterocycles. The summed E-state index contributed by atoms with van der Waals surface area (Å²) >= 11 is 6.15. The molecule has 0 aliphatic heterocycles. The lowest BCUT2D eigenvalue weighted by molar-refractivity contribution is -0.121. The molecular weight excluding hydrogens is 428 g/mol. The van der Waals surface area contributed by atoms with Crippen molar-refractivity contribution in [1.29, 1.82) is 0 Å². The molecule has 0 saturated heterocycles. The van der Waals surface area contributed by atoms with Gasteiger partial charge in [0.1, 0.15) is 0 Å². The summed E-state index contributed by atoms with van der Waals surface area (Å²) < 4.78 is 0. The Hall–Kier alpha value is -3.04. The predicted molar refractivity (Wildman–Crippen MR) is 138 cm³/mol. The standard InChI is InChI=1S/C29H31ClN2O/c1-3-22-10-7-11-25-27(19-31-29(22)25)26(23-14-16-24(30)17-15-23)18-28(33)32-20(2)12-13-21-8-5-4-6-9-21/h4-11,14-17,19-20,26,31H,3,12-13,18H2,1-2H3,(H,32,33)/t20-,26+/m1/s1. The fraction of sp³-hybridized carbons (Fsp3) is 0.276. The van der Waals surface area contributed by atoms with Crippen molar-refractivity contribution < 1.29 is 4.79 Å². The van der Waals surface area contributed by atoms with Crippen molar-refractivity contribution in [3.8, 4) is 0 Å². The number of para-hydroxylation sites is 1. The van der Waals surface area contributed by atoms with Gasteiger partial charge in [0.05, 0.1) is 0 Å². The van der Waals surface area contributed by atoms with Gasteiger partial charge in [-0.25, -0.2) is 0 Å². The van der Waals surface area contributed by atoms with Gasteiger partial charge in [-0.15, -0.1) is 0 Å². The highest BCUT2D eigenvalue weighted by Gasteiger charge is 2.23. The second-order valence-electron chi connectivity index (χ2n) is 8.74. The first-order valence-corrected chi connectivity index (χ1v) is 12.1. The van der Waals surface area contributed by atoms with Gasteiger partial charge < -0.3 is 10.3 Å². The van der Waals surface area contributed by atoms with Crippen LogP contribution in [0.15, 0.2) is 79.0 Å². The van der Waals surface area contributed by atoms with E-state index in [0.717, 1.165) is 35.9 Å². The molecule has 0 unspecified atom stereocenters. The van der Waals surface area contributed by atoms with E-state index >= 15 is 0 Å². The SMILES string of the molecule is CCc1cccc2c([C@@H](CC(=O)N[C@H](C)CCc3ccccc3)c3ccc(Cl)cc3)c[nH]c12. The minimum atomic E-state index is -0.0514. The maximum Gasteiger partial charge on any atom is 0.221 e. The molecule has 3 aromatic carbocycles. The molecule has 4 heteroatoms. The maximum absolute atomic E-state index is 13.1. The third-order valence-electron chi connectivity index (χ3n) is 6.37. The number of carbonyl (C=O) groups is 1. The molecule has 0 spiro atoms. The molecule has 170 valence electrons. The second kappa shape index (κ2) is 10.7. The van der Waals surface area contributed by atoms with Gasteiger partial charge >= 0.3 is 0 Å². The van der Waals surface area contributed by atoms with E-state index < -0.39 is 0 Å². The maximum atomic E-state index is 13.1. The smallest absolute Gasteiger partial charge is 0.221 e. The van der Waals surface area contributed by atoms with Crippen molar-refractivity contribution in [2.45, 2.75) is 51.5 Å². The van der Waals surface area contributed by atoms with Crippen LogP contribution in [0.3, 0.4) is 0 Å². The van der Waals surface area contributed by atoms with Crippen LogP contribution in [0.1, 0.15) is 54.9 Å². The summed E-state index contributed by atoms with van der Waals surface area (Å²) in [5.74, 6) is 0.0148. The molecule has 1 amide bonds. The fourth-order valence-corrected chi connectivity index (χ4v) is 4.67. The van der Waals surface area contributed by atoms with E-state index in [1.54, 1.807) is 0 Å². The van der Waals surface area contributed by atoms with E-state index in [1.165, 1.54) is 16.5 Å². The van der Waals surface area contributed by atoms with Gasteiger partial charge in [0, 0.05) is 40.5 Å². The van der Waals surface area contributed by atoms with Gasteiger partial charge in [0.2, 0.25) is 5.91 Å². The fourth-order valence-electron chi connectivity index (χ4n) is 4.54. The Balaban J connectivity index is 1.53. The molecule has 0 aliphatic carbocycles. The number of nitrogens with one attached hydrogen (secondary N) is 2. The molecule has 0 aliphatic rings. The molecule has 33 heavy (non-hydrogen) atoms. The molecular formula is C29H31ClN2O. The molecule has 2 atom stereocenters. The highest BCUT2D eigenvalue weighted by atomic mass is 35.5. The minimum Gasteiger partial charge on any atom is -0.361 e. The van der Waals surface area contributed by atoms with E-state index in [4.69, 9.17) is 11.6 Å². The van der Waals surface area contributed by atoms with Crippen LogP contribution in [-0.2, 0) is 17.6 Å². The summed E-state index contributed by atoms with van der Waals surface area (Å²) in [5, 5.41) is 5.10. The van der Waals surface area contributed by atoms with Gasteiger partial charge in [-0.1, -0.05) is 79.2 Å². The Kier molecular flexibility index (Phi) is 7.51. The summed E-state index contributed by atoms with van der Waals surface area (Å²) in [6, 6.07) is 24.8. The number of amides is 1. The average Bonchev–Trinajstić information content (AvgIpc) is 3.26. The third kappa shape index (κ3) is 5.66. The van der Waals surface area contributed by atoms with Crippen LogP contribution < -0.4 is 5.32 Å². The molecule has 4 rings (SSSR count). The largest absolute Gasteiger partial charge is 0.361 e. The van der Waals surface area contributed by atoms with Gasteiger partial charge in [0.25, 0.3) is 0 Å². The van der Waals surface area contributed by atoms with Crippen LogP contribution >= 0.6 is 11.6 Å². The lowest BCUT2D eigenvalue weighted by Gasteiger charge is -2.20. The Bertz CT molecular complexity index is 1200. The number of aryl methyl sites for hydroxylation is 2. The van der Waals surface area contributed by atoms with Gasteiger partial charge in [-0.2, -0.15) is 0 Å². The number of carbonyl (C=O) groups excluding carboxylic acids is 1. The monoisotopic (exact) mass is 458 g/mol. The zero-order chi connectivity index (χ0) is 23.2. The number of halogens is 1. The first kappa shape index (κ1) is 23.1. The summed E-state index contributed by atoms with van der Waals surface area (Å²) in [4.78, 5) is 16.6. The van der Waals surface area contributed by atoms with Crippen molar-refractivity contribution >= 4 is 28.4 Å². The lowest BCUT2D eigenvalue weighted by Crippen LogP contribution is -2.33. The summed E-state index contributed by atoms with van der Waals surface area (Å²) in [5.41, 5.74) is 5.98. The Morgan fingerprint density at radius 2 is 1.76 bits per heavy atom. The average molecular weight is 459 g/mol. The molecule has 4 aromatic rings. The minimum absolute atomic E-state index is 0.0514. The van der Waals surface area contributed by atoms with E-state index in [2.05, 4.69) is 72.8 Å². The van der Waals surface area contributed by atoms with Crippen molar-refractivity contribution in [3.63, 3.8) is 0 Å². The number of aromatic amines is 1. The summed E-state index contributed by atoms with van der Waals surface area (Å²) in [7, 11) is 0. The van der Waals surface area contributed by atoms with Crippen molar-refractivity contribution in [2.24, 2.45) is 0 Å². The molecule has 0 fully saturated rings. The van der Waals surface area contributed by atoms with E-state index in [1.807, 2.05) is 30.3 Å². The lowest BCUT2D eigenvalue weighted by atomic mass is 9.87. The topological polar surface area (TPSA) is 44.9 Å². The number of aromatic nitrogens is 1. The van der Waals surface area contributed by atoms with Crippen LogP contribution in [0.25, 0.3) is 10.9 Å². The van der Waals surface area contributed by atoms with Crippen LogP contribution in [-0.4, -0.2) is 16.9 Å². The Labute approximate surface area is 201 Å². The summed E-state index contributed by atoms with van der Waals surface area (Å²) in [6.45, 7) is 4.24. The van der Waals surface area contributed by atoms with Crippen LogP contribution in [0.2, 0.25) is 5.02 Å². The van der Waals surface area contributed by atoms with E-state index in [-0.39, 0.29) is 17.9 Å². The zero-order valence-electron chi connectivity index (χ0n) is 19.3. The van der Waals surface area contributed by atoms with Gasteiger partial charge in [-0.05, 0) is 60.6 Å². The number of H-pyrrole nitrogens is 1. The highest BCUT2D eigenvalue weighted by molar-refractivity contribution is 6.30. The first-order chi connectivity index (χ1) is 16.0. The van der Waals surface area contributed by atoms with E-state index in [0.29, 0.717) is 11.4 Å². The molecule has 0 radical (unpaired) electrons. The highest BCUT2D eigenvalue weighted by Crippen LogP contribution is 2.35.